The number of aromatic carboxylic acids is 1. The maximum absolute atomic E-state index is 11.7. The molecule has 0 unspecified atom stereocenters. The maximum atomic E-state index is 11.7. The van der Waals surface area contributed by atoms with Crippen molar-refractivity contribution in [1.82, 2.24) is 0 Å². The summed E-state index contributed by atoms with van der Waals surface area (Å²) in [4.78, 5) is 23.0. The van der Waals surface area contributed by atoms with Gasteiger partial charge in [-0.1, -0.05) is 27.7 Å². The van der Waals surface area contributed by atoms with Crippen molar-refractivity contribution in [3.8, 4) is 0 Å². The number of carbonyl (C=O) groups is 2. The Bertz CT molecular complexity index is 439. The molecule has 0 aromatic heterocycles. The SMILES string of the molecule is CC(=O)c1cc(C(C)C)c(C(=O)O)cc1C(C)C. The van der Waals surface area contributed by atoms with E-state index in [2.05, 4.69) is 0 Å². The van der Waals surface area contributed by atoms with Crippen LogP contribution >= 0.6 is 0 Å². The van der Waals surface area contributed by atoms with Gasteiger partial charge in [-0.2, -0.15) is 0 Å². The van der Waals surface area contributed by atoms with E-state index < -0.39 is 5.97 Å². The Morgan fingerprint density at radius 3 is 1.67 bits per heavy atom. The van der Waals surface area contributed by atoms with Crippen LogP contribution in [0.1, 0.15) is 78.3 Å². The molecule has 0 amide bonds. The molecular formula is C15H20O3. The summed E-state index contributed by atoms with van der Waals surface area (Å²) in [6.07, 6.45) is 0. The van der Waals surface area contributed by atoms with Gasteiger partial charge in [0.2, 0.25) is 0 Å². The van der Waals surface area contributed by atoms with E-state index in [4.69, 9.17) is 0 Å². The minimum Gasteiger partial charge on any atom is -0.478 e. The summed E-state index contributed by atoms with van der Waals surface area (Å²) in [5.74, 6) is -0.744. The van der Waals surface area contributed by atoms with E-state index in [1.165, 1.54) is 6.92 Å². The quantitative estimate of drug-likeness (QED) is 0.824. The van der Waals surface area contributed by atoms with Gasteiger partial charge >= 0.3 is 5.97 Å². The third-order valence-electron chi connectivity index (χ3n) is 3.08. The first kappa shape index (κ1) is 14.4. The zero-order valence-electron chi connectivity index (χ0n) is 11.6. The van der Waals surface area contributed by atoms with Crippen molar-refractivity contribution in [1.29, 1.82) is 0 Å². The minimum atomic E-state index is -0.935. The van der Waals surface area contributed by atoms with Crippen LogP contribution in [-0.4, -0.2) is 16.9 Å². The number of carboxylic acids is 1. The van der Waals surface area contributed by atoms with E-state index in [1.807, 2.05) is 27.7 Å². The molecule has 1 aromatic carbocycles. The average Bonchev–Trinajstić information content (AvgIpc) is 2.26. The van der Waals surface area contributed by atoms with E-state index in [0.717, 1.165) is 11.1 Å². The van der Waals surface area contributed by atoms with Gasteiger partial charge in [0, 0.05) is 5.56 Å². The van der Waals surface area contributed by atoms with Gasteiger partial charge in [0.25, 0.3) is 0 Å². The summed E-state index contributed by atoms with van der Waals surface area (Å²) in [6, 6.07) is 3.39. The van der Waals surface area contributed by atoms with Crippen LogP contribution in [0, 0.1) is 0 Å². The molecule has 0 bridgehead atoms. The second-order valence-electron chi connectivity index (χ2n) is 5.20. The molecule has 1 rings (SSSR count). The Morgan fingerprint density at radius 2 is 1.33 bits per heavy atom. The monoisotopic (exact) mass is 248 g/mol. The summed E-state index contributed by atoms with van der Waals surface area (Å²) in [5.41, 5.74) is 2.47. The molecule has 0 fully saturated rings. The highest BCUT2D eigenvalue weighted by Gasteiger charge is 2.19. The van der Waals surface area contributed by atoms with E-state index >= 15 is 0 Å². The lowest BCUT2D eigenvalue weighted by Crippen LogP contribution is -2.10. The first-order valence-corrected chi connectivity index (χ1v) is 6.17. The van der Waals surface area contributed by atoms with Crippen molar-refractivity contribution in [2.75, 3.05) is 0 Å². The molecule has 1 aromatic rings. The Kier molecular flexibility index (Phi) is 4.28. The number of benzene rings is 1. The lowest BCUT2D eigenvalue weighted by molar-refractivity contribution is 0.0694. The molecule has 3 heteroatoms. The number of carboxylic acid groups (broad SMARTS) is 1. The Hall–Kier alpha value is -1.64. The summed E-state index contributed by atoms with van der Waals surface area (Å²) >= 11 is 0. The van der Waals surface area contributed by atoms with Gasteiger partial charge in [0.1, 0.15) is 0 Å². The van der Waals surface area contributed by atoms with Crippen LogP contribution in [0.2, 0.25) is 0 Å². The molecule has 0 aliphatic carbocycles. The molecule has 18 heavy (non-hydrogen) atoms. The second-order valence-corrected chi connectivity index (χ2v) is 5.20. The van der Waals surface area contributed by atoms with Gasteiger partial charge in [0.05, 0.1) is 5.56 Å². The summed E-state index contributed by atoms with van der Waals surface area (Å²) < 4.78 is 0. The van der Waals surface area contributed by atoms with Crippen molar-refractivity contribution in [2.24, 2.45) is 0 Å². The van der Waals surface area contributed by atoms with E-state index in [1.54, 1.807) is 12.1 Å². The topological polar surface area (TPSA) is 54.4 Å². The fourth-order valence-electron chi connectivity index (χ4n) is 2.08. The summed E-state index contributed by atoms with van der Waals surface area (Å²) in [7, 11) is 0. The predicted octanol–water partition coefficient (Wildman–Crippen LogP) is 3.83. The van der Waals surface area contributed by atoms with Gasteiger partial charge in [-0.15, -0.1) is 0 Å². The Morgan fingerprint density at radius 1 is 0.944 bits per heavy atom. The summed E-state index contributed by atoms with van der Waals surface area (Å²) in [6.45, 7) is 9.30. The van der Waals surface area contributed by atoms with Crippen LogP contribution < -0.4 is 0 Å². The highest BCUT2D eigenvalue weighted by atomic mass is 16.4. The summed E-state index contributed by atoms with van der Waals surface area (Å²) in [5, 5.41) is 9.27. The normalized spacial score (nSPS) is 11.1. The molecule has 1 N–H and O–H groups in total. The van der Waals surface area contributed by atoms with Crippen LogP contribution in [-0.2, 0) is 0 Å². The molecular weight excluding hydrogens is 228 g/mol. The first-order chi connectivity index (χ1) is 8.25. The number of hydrogen-bond acceptors (Lipinski definition) is 2. The molecule has 0 radical (unpaired) electrons. The number of carbonyl (C=O) groups excluding carboxylic acids is 1. The van der Waals surface area contributed by atoms with E-state index in [-0.39, 0.29) is 17.6 Å². The molecule has 98 valence electrons. The van der Waals surface area contributed by atoms with E-state index in [9.17, 15) is 14.7 Å². The highest BCUT2D eigenvalue weighted by molar-refractivity contribution is 5.98. The smallest absolute Gasteiger partial charge is 0.335 e. The van der Waals surface area contributed by atoms with Crippen LogP contribution in [0.25, 0.3) is 0 Å². The molecule has 0 aliphatic rings. The first-order valence-electron chi connectivity index (χ1n) is 6.17. The van der Waals surface area contributed by atoms with Crippen LogP contribution in [0.5, 0.6) is 0 Å². The standard InChI is InChI=1S/C15H20O3/c1-8(2)11-7-14(15(17)18)12(9(3)4)6-13(11)10(5)16/h6-9H,1-5H3,(H,17,18). The lowest BCUT2D eigenvalue weighted by atomic mass is 9.87. The van der Waals surface area contributed by atoms with E-state index in [0.29, 0.717) is 11.1 Å². The largest absolute Gasteiger partial charge is 0.478 e. The zero-order chi connectivity index (χ0) is 14.0. The average molecular weight is 248 g/mol. The second kappa shape index (κ2) is 5.34. The molecule has 0 atom stereocenters. The number of Topliss-reactive ketones (excluding diaryl/α,β-unsaturated/α-hetero) is 1. The number of hydrogen-bond donors (Lipinski definition) is 1. The number of ketones is 1. The third kappa shape index (κ3) is 2.78. The lowest BCUT2D eigenvalue weighted by Gasteiger charge is -2.17. The maximum Gasteiger partial charge on any atom is 0.335 e. The predicted molar refractivity (Wildman–Crippen MR) is 71.6 cm³/mol. The minimum absolute atomic E-state index is 0.0162. The molecule has 0 saturated heterocycles. The highest BCUT2D eigenvalue weighted by Crippen LogP contribution is 2.28. The van der Waals surface area contributed by atoms with Gasteiger partial charge in [0.15, 0.2) is 5.78 Å². The van der Waals surface area contributed by atoms with Gasteiger partial charge in [-0.25, -0.2) is 4.79 Å². The fraction of sp³-hybridized carbons (Fsp3) is 0.467. The van der Waals surface area contributed by atoms with Crippen molar-refractivity contribution < 1.29 is 14.7 Å². The molecule has 0 spiro atoms. The van der Waals surface area contributed by atoms with Crippen molar-refractivity contribution in [3.63, 3.8) is 0 Å². The number of rotatable bonds is 4. The van der Waals surface area contributed by atoms with Crippen LogP contribution in [0.15, 0.2) is 12.1 Å². The van der Waals surface area contributed by atoms with Gasteiger partial charge < -0.3 is 5.11 Å². The van der Waals surface area contributed by atoms with Crippen molar-refractivity contribution >= 4 is 11.8 Å². The molecule has 0 heterocycles. The molecule has 0 aliphatic heterocycles. The van der Waals surface area contributed by atoms with Gasteiger partial charge in [-0.3, -0.25) is 4.79 Å². The Balaban J connectivity index is 3.60. The van der Waals surface area contributed by atoms with Crippen molar-refractivity contribution in [3.05, 3.63) is 34.4 Å². The van der Waals surface area contributed by atoms with Crippen molar-refractivity contribution in [2.45, 2.75) is 46.5 Å². The molecule has 3 nitrogen and oxygen atoms in total. The third-order valence-corrected chi connectivity index (χ3v) is 3.08. The molecule has 0 saturated carbocycles. The fourth-order valence-corrected chi connectivity index (χ4v) is 2.08. The Labute approximate surface area is 108 Å². The van der Waals surface area contributed by atoms with Crippen LogP contribution in [0.4, 0.5) is 0 Å². The van der Waals surface area contributed by atoms with Crippen LogP contribution in [0.3, 0.4) is 0 Å². The van der Waals surface area contributed by atoms with Gasteiger partial charge in [-0.05, 0) is 42.0 Å². The zero-order valence-corrected chi connectivity index (χ0v) is 11.6.